The lowest BCUT2D eigenvalue weighted by molar-refractivity contribution is -0.0177. The van der Waals surface area contributed by atoms with Crippen LogP contribution in [0.5, 0.6) is 0 Å². The van der Waals surface area contributed by atoms with Crippen molar-refractivity contribution in [1.29, 1.82) is 0 Å². The first-order chi connectivity index (χ1) is 13.0. The number of aryl methyl sites for hydroxylation is 2. The van der Waals surface area contributed by atoms with E-state index in [0.29, 0.717) is 36.2 Å². The number of fused-ring (bicyclic) bond motifs is 1. The van der Waals surface area contributed by atoms with E-state index < -0.39 is 16.1 Å². The third-order valence-electron chi connectivity index (χ3n) is 5.13. The minimum atomic E-state index is -3.62. The van der Waals surface area contributed by atoms with Gasteiger partial charge in [-0.1, -0.05) is 13.0 Å². The summed E-state index contributed by atoms with van der Waals surface area (Å²) < 4.78 is 39.1. The molecule has 1 aromatic heterocycles. The predicted octanol–water partition coefficient (Wildman–Crippen LogP) is 1.78. The van der Waals surface area contributed by atoms with Crippen LogP contribution in [-0.2, 0) is 27.6 Å². The van der Waals surface area contributed by atoms with Crippen LogP contribution in [0.4, 0.5) is 5.69 Å². The highest BCUT2D eigenvalue weighted by Crippen LogP contribution is 2.31. The fourth-order valence-corrected chi connectivity index (χ4v) is 5.03. The normalized spacial score (nSPS) is 21.3. The van der Waals surface area contributed by atoms with Crippen molar-refractivity contribution in [3.05, 3.63) is 35.5 Å². The molecule has 4 rings (SSSR count). The number of hydrogen-bond donors (Lipinski definition) is 0. The molecule has 9 heteroatoms. The molecule has 2 aliphatic heterocycles. The summed E-state index contributed by atoms with van der Waals surface area (Å²) in [4.78, 5) is 2.43. The lowest BCUT2D eigenvalue weighted by Gasteiger charge is -2.32. The Kier molecular flexibility index (Phi) is 4.92. The van der Waals surface area contributed by atoms with E-state index in [-0.39, 0.29) is 6.54 Å². The Bertz CT molecular complexity index is 927. The van der Waals surface area contributed by atoms with Gasteiger partial charge in [0.15, 0.2) is 0 Å². The summed E-state index contributed by atoms with van der Waals surface area (Å²) in [6, 6.07) is 5.43. The van der Waals surface area contributed by atoms with Gasteiger partial charge in [0.2, 0.25) is 21.8 Å². The molecule has 1 aromatic carbocycles. The van der Waals surface area contributed by atoms with Crippen molar-refractivity contribution in [2.45, 2.75) is 37.2 Å². The molecule has 2 aliphatic rings. The highest BCUT2D eigenvalue weighted by atomic mass is 32.2. The molecule has 1 saturated heterocycles. The number of morpholine rings is 1. The van der Waals surface area contributed by atoms with Crippen molar-refractivity contribution in [3.63, 3.8) is 0 Å². The van der Waals surface area contributed by atoms with E-state index in [2.05, 4.69) is 15.1 Å². The molecule has 0 bridgehead atoms. The zero-order valence-corrected chi connectivity index (χ0v) is 16.4. The van der Waals surface area contributed by atoms with Gasteiger partial charge in [-0.25, -0.2) is 8.42 Å². The lowest BCUT2D eigenvalue weighted by Crippen LogP contribution is -2.42. The maximum Gasteiger partial charge on any atom is 0.246 e. The zero-order chi connectivity index (χ0) is 19.0. The van der Waals surface area contributed by atoms with Crippen LogP contribution in [0.1, 0.15) is 36.8 Å². The molecule has 8 nitrogen and oxygen atoms in total. The molecular formula is C18H24N4O4S. The van der Waals surface area contributed by atoms with Gasteiger partial charge in [-0.05, 0) is 30.5 Å². The Morgan fingerprint density at radius 3 is 2.89 bits per heavy atom. The topological polar surface area (TPSA) is 88.8 Å². The third-order valence-corrected chi connectivity index (χ3v) is 7.00. The minimum Gasteiger partial charge on any atom is -0.422 e. The van der Waals surface area contributed by atoms with Crippen molar-refractivity contribution >= 4 is 15.7 Å². The average Bonchev–Trinajstić information content (AvgIpc) is 3.17. The Morgan fingerprint density at radius 2 is 2.11 bits per heavy atom. The number of nitrogens with zero attached hydrogens (tertiary/aromatic N) is 4. The van der Waals surface area contributed by atoms with E-state index in [1.807, 2.05) is 20.0 Å². The molecule has 2 aromatic rings. The van der Waals surface area contributed by atoms with Crippen molar-refractivity contribution in [2.24, 2.45) is 0 Å². The standard InChI is InChI=1S/C18H24N4O4S/c1-3-17-19-20-18(26-17)16-12-22(9-10-25-16)27(23,24)14-7-6-13-5-4-8-21(2)15(13)11-14/h6-7,11,16H,3-5,8-10,12H2,1-2H3/t16-/m0/s1. The van der Waals surface area contributed by atoms with E-state index in [0.717, 1.165) is 25.1 Å². The molecule has 0 amide bonds. The molecule has 146 valence electrons. The van der Waals surface area contributed by atoms with Crippen molar-refractivity contribution in [2.75, 3.05) is 38.2 Å². The molecular weight excluding hydrogens is 368 g/mol. The van der Waals surface area contributed by atoms with Crippen molar-refractivity contribution < 1.29 is 17.6 Å². The molecule has 0 unspecified atom stereocenters. The first kappa shape index (κ1) is 18.4. The van der Waals surface area contributed by atoms with Crippen LogP contribution >= 0.6 is 0 Å². The maximum absolute atomic E-state index is 13.2. The molecule has 27 heavy (non-hydrogen) atoms. The van der Waals surface area contributed by atoms with E-state index in [1.54, 1.807) is 12.1 Å². The van der Waals surface area contributed by atoms with Crippen LogP contribution < -0.4 is 4.90 Å². The van der Waals surface area contributed by atoms with E-state index in [1.165, 1.54) is 9.87 Å². The first-order valence-electron chi connectivity index (χ1n) is 9.27. The van der Waals surface area contributed by atoms with Gasteiger partial charge in [0.25, 0.3) is 0 Å². The number of hydrogen-bond acceptors (Lipinski definition) is 7. The van der Waals surface area contributed by atoms with Crippen LogP contribution in [0.15, 0.2) is 27.5 Å². The number of anilines is 1. The number of benzene rings is 1. The first-order valence-corrected chi connectivity index (χ1v) is 10.7. The molecule has 0 aliphatic carbocycles. The second kappa shape index (κ2) is 7.21. The van der Waals surface area contributed by atoms with Gasteiger partial charge < -0.3 is 14.1 Å². The number of rotatable bonds is 4. The average molecular weight is 392 g/mol. The summed E-state index contributed by atoms with van der Waals surface area (Å²) in [5.41, 5.74) is 2.19. The molecule has 0 radical (unpaired) electrons. The molecule has 0 spiro atoms. The van der Waals surface area contributed by atoms with Gasteiger partial charge in [0, 0.05) is 38.8 Å². The Hall–Kier alpha value is -1.97. The SMILES string of the molecule is CCc1nnc([C@@H]2CN(S(=O)(=O)c3ccc4c(c3)N(C)CCC4)CCO2)o1. The summed E-state index contributed by atoms with van der Waals surface area (Å²) in [6.07, 6.45) is 2.16. The van der Waals surface area contributed by atoms with Gasteiger partial charge in [-0.15, -0.1) is 10.2 Å². The van der Waals surface area contributed by atoms with Gasteiger partial charge >= 0.3 is 0 Å². The molecule has 0 saturated carbocycles. The van der Waals surface area contributed by atoms with Gasteiger partial charge in [0.1, 0.15) is 6.10 Å². The van der Waals surface area contributed by atoms with Crippen molar-refractivity contribution in [3.8, 4) is 0 Å². The van der Waals surface area contributed by atoms with E-state index in [4.69, 9.17) is 9.15 Å². The van der Waals surface area contributed by atoms with Gasteiger partial charge in [0.05, 0.1) is 11.5 Å². The lowest BCUT2D eigenvalue weighted by atomic mass is 10.0. The molecule has 1 atom stereocenters. The predicted molar refractivity (Wildman–Crippen MR) is 99.2 cm³/mol. The molecule has 0 N–H and O–H groups in total. The summed E-state index contributed by atoms with van der Waals surface area (Å²) >= 11 is 0. The number of aromatic nitrogens is 2. The maximum atomic E-state index is 13.2. The smallest absolute Gasteiger partial charge is 0.246 e. The Balaban J connectivity index is 1.59. The van der Waals surface area contributed by atoms with Crippen LogP contribution in [0.25, 0.3) is 0 Å². The zero-order valence-electron chi connectivity index (χ0n) is 15.6. The second-order valence-corrected chi connectivity index (χ2v) is 8.86. The molecule has 1 fully saturated rings. The Morgan fingerprint density at radius 1 is 1.26 bits per heavy atom. The third kappa shape index (κ3) is 3.46. The van der Waals surface area contributed by atoms with Gasteiger partial charge in [-0.2, -0.15) is 4.31 Å². The number of sulfonamides is 1. The van der Waals surface area contributed by atoms with Crippen molar-refractivity contribution in [1.82, 2.24) is 14.5 Å². The van der Waals surface area contributed by atoms with Gasteiger partial charge in [-0.3, -0.25) is 0 Å². The quantitative estimate of drug-likeness (QED) is 0.783. The summed E-state index contributed by atoms with van der Waals surface area (Å²) in [7, 11) is -1.62. The summed E-state index contributed by atoms with van der Waals surface area (Å²) in [5, 5.41) is 7.94. The highest BCUT2D eigenvalue weighted by Gasteiger charge is 2.34. The Labute approximate surface area is 159 Å². The van der Waals surface area contributed by atoms with Crippen LogP contribution in [-0.4, -0.2) is 56.2 Å². The van der Waals surface area contributed by atoms with Crippen LogP contribution in [0, 0.1) is 0 Å². The minimum absolute atomic E-state index is 0.167. The largest absolute Gasteiger partial charge is 0.422 e. The van der Waals surface area contributed by atoms with Crippen LogP contribution in [0.2, 0.25) is 0 Å². The summed E-state index contributed by atoms with van der Waals surface area (Å²) in [6.45, 7) is 3.62. The number of ether oxygens (including phenoxy) is 1. The molecule has 3 heterocycles. The fraction of sp³-hybridized carbons (Fsp3) is 0.556. The van der Waals surface area contributed by atoms with Crippen LogP contribution in [0.3, 0.4) is 0 Å². The second-order valence-electron chi connectivity index (χ2n) is 6.93. The highest BCUT2D eigenvalue weighted by molar-refractivity contribution is 7.89. The van der Waals surface area contributed by atoms with E-state index in [9.17, 15) is 8.42 Å². The monoisotopic (exact) mass is 392 g/mol. The van der Waals surface area contributed by atoms with E-state index >= 15 is 0 Å². The summed E-state index contributed by atoms with van der Waals surface area (Å²) in [5.74, 6) is 0.850. The fourth-order valence-electron chi connectivity index (χ4n) is 3.58.